The summed E-state index contributed by atoms with van der Waals surface area (Å²) in [5.74, 6) is 0.0191. The van der Waals surface area contributed by atoms with Gasteiger partial charge in [-0.3, -0.25) is 0 Å². The van der Waals surface area contributed by atoms with Gasteiger partial charge in [0.25, 0.3) is 0 Å². The van der Waals surface area contributed by atoms with Gasteiger partial charge in [0.05, 0.1) is 24.2 Å². The second-order valence-electron chi connectivity index (χ2n) is 9.23. The zero-order valence-electron chi connectivity index (χ0n) is 21.3. The Morgan fingerprint density at radius 2 is 1.70 bits per heavy atom. The zero-order chi connectivity index (χ0) is 26.7. The lowest BCUT2D eigenvalue weighted by Crippen LogP contribution is -2.23. The third-order valence-electron chi connectivity index (χ3n) is 6.20. The summed E-state index contributed by atoms with van der Waals surface area (Å²) in [7, 11) is -3.22. The lowest BCUT2D eigenvalue weighted by Gasteiger charge is -2.14. The number of rotatable bonds is 15. The van der Waals surface area contributed by atoms with Crippen LogP contribution in [0.5, 0.6) is 5.75 Å². The first-order valence-corrected chi connectivity index (χ1v) is 14.4. The summed E-state index contributed by atoms with van der Waals surface area (Å²) in [5, 5.41) is 32.6. The summed E-state index contributed by atoms with van der Waals surface area (Å²) < 4.78 is 29.7. The number of aliphatic hydroxyl groups excluding tert-OH is 2. The molecule has 3 rings (SSSR count). The molecule has 0 aliphatic rings. The normalized spacial score (nSPS) is 12.5. The van der Waals surface area contributed by atoms with Crippen LogP contribution in [0.3, 0.4) is 0 Å². The SMILES string of the molecule is CS(=O)(=O)c1ccccc1CCCCOCc1cccc(CCNCC(O)c2ccc(O)c(CO)c2)c1. The Labute approximate surface area is 219 Å². The number of aromatic hydroxyl groups is 1. The van der Waals surface area contributed by atoms with Crippen LogP contribution in [0.4, 0.5) is 0 Å². The van der Waals surface area contributed by atoms with Crippen molar-refractivity contribution in [2.75, 3.05) is 26.0 Å². The summed E-state index contributed by atoms with van der Waals surface area (Å²) in [6.45, 7) is 1.92. The molecule has 3 aromatic rings. The Morgan fingerprint density at radius 3 is 2.49 bits per heavy atom. The molecule has 37 heavy (non-hydrogen) atoms. The first kappa shape index (κ1) is 28.8. The molecule has 1 unspecified atom stereocenters. The topological polar surface area (TPSA) is 116 Å². The number of aryl methyl sites for hydroxylation is 1. The predicted octanol–water partition coefficient (Wildman–Crippen LogP) is 3.69. The molecule has 0 radical (unpaired) electrons. The van der Waals surface area contributed by atoms with Crippen molar-refractivity contribution in [3.8, 4) is 5.75 Å². The highest BCUT2D eigenvalue weighted by Gasteiger charge is 2.12. The molecule has 0 spiro atoms. The van der Waals surface area contributed by atoms with Crippen molar-refractivity contribution in [1.82, 2.24) is 5.32 Å². The van der Waals surface area contributed by atoms with Gasteiger partial charge in [-0.15, -0.1) is 0 Å². The van der Waals surface area contributed by atoms with E-state index in [4.69, 9.17) is 4.74 Å². The quantitative estimate of drug-likeness (QED) is 0.223. The van der Waals surface area contributed by atoms with Gasteiger partial charge in [0.1, 0.15) is 5.75 Å². The molecule has 1 atom stereocenters. The van der Waals surface area contributed by atoms with E-state index in [9.17, 15) is 23.7 Å². The summed E-state index contributed by atoms with van der Waals surface area (Å²) >= 11 is 0. The number of sulfone groups is 1. The highest BCUT2D eigenvalue weighted by molar-refractivity contribution is 7.90. The van der Waals surface area contributed by atoms with Gasteiger partial charge >= 0.3 is 0 Å². The van der Waals surface area contributed by atoms with Gasteiger partial charge < -0.3 is 25.4 Å². The third kappa shape index (κ3) is 9.25. The van der Waals surface area contributed by atoms with Gasteiger partial charge in [-0.2, -0.15) is 0 Å². The molecule has 0 aliphatic heterocycles. The Bertz CT molecular complexity index is 1240. The number of nitrogens with one attached hydrogen (secondary N) is 1. The molecule has 0 aliphatic carbocycles. The fourth-order valence-electron chi connectivity index (χ4n) is 4.19. The zero-order valence-corrected chi connectivity index (χ0v) is 22.1. The molecule has 0 heterocycles. The van der Waals surface area contributed by atoms with E-state index < -0.39 is 15.9 Å². The maximum absolute atomic E-state index is 11.9. The molecular weight excluding hydrogens is 490 g/mol. The van der Waals surface area contributed by atoms with Crippen LogP contribution >= 0.6 is 0 Å². The fourth-order valence-corrected chi connectivity index (χ4v) is 5.16. The molecule has 3 aromatic carbocycles. The van der Waals surface area contributed by atoms with Crippen LogP contribution in [-0.4, -0.2) is 49.7 Å². The van der Waals surface area contributed by atoms with Crippen molar-refractivity contribution in [3.63, 3.8) is 0 Å². The second kappa shape index (κ2) is 14.3. The molecule has 0 saturated carbocycles. The van der Waals surface area contributed by atoms with Gasteiger partial charge in [0.2, 0.25) is 0 Å². The van der Waals surface area contributed by atoms with Crippen molar-refractivity contribution in [1.29, 1.82) is 0 Å². The number of phenols is 1. The molecular formula is C29H37NO6S. The molecule has 7 nitrogen and oxygen atoms in total. The van der Waals surface area contributed by atoms with E-state index in [1.807, 2.05) is 24.3 Å². The summed E-state index contributed by atoms with van der Waals surface area (Å²) in [4.78, 5) is 0.410. The fraction of sp³-hybridized carbons (Fsp3) is 0.379. The molecule has 0 bridgehead atoms. The van der Waals surface area contributed by atoms with Gasteiger partial charge in [0, 0.05) is 25.0 Å². The number of hydrogen-bond acceptors (Lipinski definition) is 7. The molecule has 4 N–H and O–H groups in total. The van der Waals surface area contributed by atoms with E-state index in [0.717, 1.165) is 30.4 Å². The minimum atomic E-state index is -3.22. The van der Waals surface area contributed by atoms with E-state index in [1.54, 1.807) is 24.3 Å². The van der Waals surface area contributed by atoms with Crippen LogP contribution < -0.4 is 5.32 Å². The average molecular weight is 528 g/mol. The second-order valence-corrected chi connectivity index (χ2v) is 11.2. The smallest absolute Gasteiger partial charge is 0.175 e. The monoisotopic (exact) mass is 527 g/mol. The van der Waals surface area contributed by atoms with Gasteiger partial charge in [-0.05, 0) is 72.7 Å². The number of unbranched alkanes of at least 4 members (excludes halogenated alkanes) is 1. The Balaban J connectivity index is 1.35. The maximum atomic E-state index is 11.9. The van der Waals surface area contributed by atoms with E-state index in [-0.39, 0.29) is 12.4 Å². The van der Waals surface area contributed by atoms with Crippen molar-refractivity contribution in [2.24, 2.45) is 0 Å². The van der Waals surface area contributed by atoms with E-state index in [0.29, 0.717) is 48.7 Å². The molecule has 0 fully saturated rings. The molecule has 0 saturated heterocycles. The van der Waals surface area contributed by atoms with Crippen LogP contribution in [0.1, 0.15) is 46.8 Å². The van der Waals surface area contributed by atoms with Gasteiger partial charge in [0.15, 0.2) is 9.84 Å². The van der Waals surface area contributed by atoms with Crippen LogP contribution in [0.15, 0.2) is 71.6 Å². The van der Waals surface area contributed by atoms with E-state index in [2.05, 4.69) is 17.4 Å². The number of hydrogen-bond donors (Lipinski definition) is 4. The van der Waals surface area contributed by atoms with Crippen LogP contribution in [0, 0.1) is 0 Å². The third-order valence-corrected chi connectivity index (χ3v) is 7.40. The molecule has 0 amide bonds. The number of aliphatic hydroxyl groups is 2. The predicted molar refractivity (Wildman–Crippen MR) is 144 cm³/mol. The van der Waals surface area contributed by atoms with E-state index in [1.165, 1.54) is 17.9 Å². The lowest BCUT2D eigenvalue weighted by molar-refractivity contribution is 0.117. The van der Waals surface area contributed by atoms with Crippen molar-refractivity contribution >= 4 is 9.84 Å². The molecule has 200 valence electrons. The Morgan fingerprint density at radius 1 is 0.919 bits per heavy atom. The Hall–Kier alpha value is -2.75. The van der Waals surface area contributed by atoms with Crippen LogP contribution in [0.2, 0.25) is 0 Å². The van der Waals surface area contributed by atoms with Crippen LogP contribution in [-0.2, 0) is 40.6 Å². The highest BCUT2D eigenvalue weighted by Crippen LogP contribution is 2.22. The maximum Gasteiger partial charge on any atom is 0.175 e. The summed E-state index contributed by atoms with van der Waals surface area (Å²) in [6.07, 6.45) is 3.73. The van der Waals surface area contributed by atoms with Crippen molar-refractivity contribution < 1.29 is 28.5 Å². The lowest BCUT2D eigenvalue weighted by atomic mass is 10.0. The van der Waals surface area contributed by atoms with Crippen molar-refractivity contribution in [2.45, 2.75) is 49.9 Å². The average Bonchev–Trinajstić information content (AvgIpc) is 2.88. The van der Waals surface area contributed by atoms with Gasteiger partial charge in [-0.25, -0.2) is 8.42 Å². The first-order chi connectivity index (χ1) is 17.8. The minimum absolute atomic E-state index is 0.0191. The van der Waals surface area contributed by atoms with Crippen LogP contribution in [0.25, 0.3) is 0 Å². The number of ether oxygens (including phenoxy) is 1. The largest absolute Gasteiger partial charge is 0.508 e. The number of benzene rings is 3. The summed E-state index contributed by atoms with van der Waals surface area (Å²) in [6, 6.07) is 20.1. The van der Waals surface area contributed by atoms with E-state index >= 15 is 0 Å². The van der Waals surface area contributed by atoms with Gasteiger partial charge in [-0.1, -0.05) is 48.5 Å². The molecule has 0 aromatic heterocycles. The standard InChI is InChI=1S/C29H37NO6S/c1-37(34,35)29-11-3-2-9-24(29)10-4-5-16-36-21-23-8-6-7-22(17-23)14-15-30-19-28(33)25-12-13-27(32)26(18-25)20-31/h2-3,6-9,11-13,17-18,28,30-33H,4-5,10,14-16,19-21H2,1H3. The highest BCUT2D eigenvalue weighted by atomic mass is 32.2. The molecule has 8 heteroatoms. The minimum Gasteiger partial charge on any atom is -0.508 e. The van der Waals surface area contributed by atoms with Crippen molar-refractivity contribution in [3.05, 3.63) is 94.5 Å². The Kier molecular flexibility index (Phi) is 11.1. The first-order valence-electron chi connectivity index (χ1n) is 12.5. The summed E-state index contributed by atoms with van der Waals surface area (Å²) in [5.41, 5.74) is 4.17.